The first kappa shape index (κ1) is 22.4. The number of aromatic nitrogens is 1. The number of imide groups is 1. The number of nitrogens with zero attached hydrogens (tertiary/aromatic N) is 2. The van der Waals surface area contributed by atoms with E-state index in [0.717, 1.165) is 10.5 Å². The molecule has 3 heterocycles. The van der Waals surface area contributed by atoms with Gasteiger partial charge in [-0.2, -0.15) is 0 Å². The Balaban J connectivity index is 1.48. The van der Waals surface area contributed by atoms with Gasteiger partial charge in [-0.3, -0.25) is 24.1 Å². The first-order valence-electron chi connectivity index (χ1n) is 10.9. The van der Waals surface area contributed by atoms with Gasteiger partial charge in [0.05, 0.1) is 17.7 Å². The molecule has 2 aromatic rings. The van der Waals surface area contributed by atoms with Crippen LogP contribution >= 0.6 is 0 Å². The van der Waals surface area contributed by atoms with Crippen molar-refractivity contribution >= 4 is 23.5 Å². The third-order valence-corrected chi connectivity index (χ3v) is 6.13. The van der Waals surface area contributed by atoms with E-state index in [2.05, 4.69) is 16.9 Å². The van der Waals surface area contributed by atoms with Gasteiger partial charge in [0.15, 0.2) is 5.78 Å². The maximum absolute atomic E-state index is 13.2. The fraction of sp³-hybridized carbons (Fsp3) is 0.320. The zero-order chi connectivity index (χ0) is 23.8. The highest BCUT2D eigenvalue weighted by atomic mass is 16.5. The number of aryl methyl sites for hydroxylation is 1. The molecule has 4 rings (SSSR count). The second-order valence-electron chi connectivity index (χ2n) is 8.40. The number of amides is 3. The Kier molecular flexibility index (Phi) is 5.84. The Labute approximate surface area is 191 Å². The van der Waals surface area contributed by atoms with Crippen LogP contribution in [0.1, 0.15) is 69.7 Å². The quantitative estimate of drug-likeness (QED) is 0.517. The number of fused-ring (bicyclic) bond motifs is 1. The van der Waals surface area contributed by atoms with Crippen molar-refractivity contribution in [1.82, 2.24) is 15.2 Å². The van der Waals surface area contributed by atoms with E-state index in [1.54, 1.807) is 37.3 Å². The van der Waals surface area contributed by atoms with Gasteiger partial charge in [0.1, 0.15) is 5.54 Å². The minimum Gasteiger partial charge on any atom is -0.478 e. The third-order valence-electron chi connectivity index (χ3n) is 6.13. The van der Waals surface area contributed by atoms with E-state index < -0.39 is 23.3 Å². The van der Waals surface area contributed by atoms with Gasteiger partial charge in [0.2, 0.25) is 11.8 Å². The van der Waals surface area contributed by atoms with Crippen molar-refractivity contribution in [2.24, 2.45) is 0 Å². The smallest absolute Gasteiger partial charge is 0.262 e. The van der Waals surface area contributed by atoms with E-state index in [1.165, 1.54) is 6.20 Å². The number of carbonyl (C=O) groups excluding carboxylic acids is 4. The summed E-state index contributed by atoms with van der Waals surface area (Å²) in [6.07, 6.45) is 2.92. The highest BCUT2D eigenvalue weighted by Gasteiger charge is 2.51. The summed E-state index contributed by atoms with van der Waals surface area (Å²) < 4.78 is 5.29. The Morgan fingerprint density at radius 2 is 1.94 bits per heavy atom. The largest absolute Gasteiger partial charge is 0.478 e. The summed E-state index contributed by atoms with van der Waals surface area (Å²) in [5.41, 5.74) is 1.06. The molecular weight excluding hydrogens is 422 g/mol. The second-order valence-corrected chi connectivity index (χ2v) is 8.40. The third kappa shape index (κ3) is 4.04. The average molecular weight is 447 g/mol. The summed E-state index contributed by atoms with van der Waals surface area (Å²) in [6.45, 7) is 7.71. The van der Waals surface area contributed by atoms with Crippen molar-refractivity contribution in [1.29, 1.82) is 0 Å². The number of rotatable bonds is 7. The van der Waals surface area contributed by atoms with Crippen LogP contribution < -0.4 is 10.1 Å². The normalized spacial score (nSPS) is 20.0. The number of benzene rings is 1. The number of hydrogen-bond acceptors (Lipinski definition) is 6. The lowest BCUT2D eigenvalue weighted by Crippen LogP contribution is -2.60. The first-order chi connectivity index (χ1) is 15.7. The molecule has 33 heavy (non-hydrogen) atoms. The number of allylic oxidation sites excluding steroid dienone is 1. The molecule has 0 radical (unpaired) electrons. The van der Waals surface area contributed by atoms with Gasteiger partial charge in [-0.1, -0.05) is 12.6 Å². The van der Waals surface area contributed by atoms with E-state index in [1.807, 2.05) is 6.92 Å². The van der Waals surface area contributed by atoms with Crippen LogP contribution in [0.5, 0.6) is 5.88 Å². The van der Waals surface area contributed by atoms with Crippen molar-refractivity contribution < 1.29 is 23.9 Å². The summed E-state index contributed by atoms with van der Waals surface area (Å²) in [5, 5.41) is 2.65. The van der Waals surface area contributed by atoms with Crippen LogP contribution in [0, 0.1) is 0 Å². The van der Waals surface area contributed by atoms with Crippen molar-refractivity contribution in [3.8, 4) is 5.88 Å². The van der Waals surface area contributed by atoms with E-state index in [4.69, 9.17) is 4.74 Å². The molecule has 2 aliphatic heterocycles. The van der Waals surface area contributed by atoms with E-state index >= 15 is 0 Å². The van der Waals surface area contributed by atoms with Gasteiger partial charge in [0, 0.05) is 29.9 Å². The topological polar surface area (TPSA) is 106 Å². The molecular formula is C25H25N3O5. The molecule has 1 fully saturated rings. The SMILES string of the molecule is C=C1CC[C@](C)(N2C(=O)c3ccc(CCC(=O)c4ccc(OCC)nc4)cc3C2=O)C(=O)N1. The van der Waals surface area contributed by atoms with Crippen molar-refractivity contribution in [2.45, 2.75) is 45.1 Å². The average Bonchev–Trinajstić information content (AvgIpc) is 3.05. The Morgan fingerprint density at radius 3 is 2.61 bits per heavy atom. The molecule has 0 aliphatic carbocycles. The van der Waals surface area contributed by atoms with Gasteiger partial charge < -0.3 is 10.1 Å². The lowest BCUT2D eigenvalue weighted by molar-refractivity contribution is -0.131. The number of ketones is 1. The summed E-state index contributed by atoms with van der Waals surface area (Å²) >= 11 is 0. The van der Waals surface area contributed by atoms with Crippen LogP contribution in [0.2, 0.25) is 0 Å². The molecule has 0 unspecified atom stereocenters. The zero-order valence-corrected chi connectivity index (χ0v) is 18.6. The molecule has 3 amide bonds. The molecule has 1 atom stereocenters. The number of pyridine rings is 1. The summed E-state index contributed by atoms with van der Waals surface area (Å²) in [6, 6.07) is 8.30. The molecule has 1 aromatic heterocycles. The van der Waals surface area contributed by atoms with E-state index in [-0.39, 0.29) is 23.3 Å². The number of nitrogens with one attached hydrogen (secondary N) is 1. The number of hydrogen-bond donors (Lipinski definition) is 1. The molecule has 8 heteroatoms. The molecule has 170 valence electrons. The Morgan fingerprint density at radius 1 is 1.18 bits per heavy atom. The molecule has 1 N–H and O–H groups in total. The predicted molar refractivity (Wildman–Crippen MR) is 120 cm³/mol. The first-order valence-corrected chi connectivity index (χ1v) is 10.9. The number of piperidine rings is 1. The van der Waals surface area contributed by atoms with Crippen molar-refractivity contribution in [3.05, 3.63) is 71.1 Å². The fourth-order valence-corrected chi connectivity index (χ4v) is 4.15. The standard InChI is InChI=1S/C25H25N3O5/c1-4-33-21-10-7-17(14-26-21)20(29)9-6-16-5-8-18-19(13-16)23(31)28(22(18)30)25(3)12-11-15(2)27-24(25)32/h5,7-8,10,13-14H,2,4,6,9,11-12H2,1,3H3,(H,27,32)/t25-/m0/s1. The summed E-state index contributed by atoms with van der Waals surface area (Å²) in [4.78, 5) is 56.5. The predicted octanol–water partition coefficient (Wildman–Crippen LogP) is 3.07. The van der Waals surface area contributed by atoms with Crippen LogP contribution in [0.3, 0.4) is 0 Å². The highest BCUT2D eigenvalue weighted by Crippen LogP contribution is 2.35. The maximum Gasteiger partial charge on any atom is 0.262 e. The summed E-state index contributed by atoms with van der Waals surface area (Å²) in [7, 11) is 0. The Bertz CT molecular complexity index is 1170. The van der Waals surface area contributed by atoms with Gasteiger partial charge in [-0.15, -0.1) is 0 Å². The second kappa shape index (κ2) is 8.61. The van der Waals surface area contributed by atoms with Crippen molar-refractivity contribution in [2.75, 3.05) is 6.61 Å². The highest BCUT2D eigenvalue weighted by molar-refractivity contribution is 6.23. The summed E-state index contributed by atoms with van der Waals surface area (Å²) in [5.74, 6) is -1.01. The van der Waals surface area contributed by atoms with Crippen LogP contribution in [-0.4, -0.2) is 45.5 Å². The lowest BCUT2D eigenvalue weighted by Gasteiger charge is -2.39. The minimum atomic E-state index is -1.27. The van der Waals surface area contributed by atoms with Gasteiger partial charge >= 0.3 is 0 Å². The number of Topliss-reactive ketones (excluding diaryl/α,β-unsaturated/α-hetero) is 1. The van der Waals surface area contributed by atoms with E-state index in [0.29, 0.717) is 43.0 Å². The number of carbonyl (C=O) groups is 4. The molecule has 2 aliphatic rings. The van der Waals surface area contributed by atoms with Gasteiger partial charge in [-0.05, 0) is 56.9 Å². The van der Waals surface area contributed by atoms with Crippen LogP contribution in [0.4, 0.5) is 0 Å². The van der Waals surface area contributed by atoms with Crippen LogP contribution in [-0.2, 0) is 11.2 Å². The molecule has 1 saturated heterocycles. The van der Waals surface area contributed by atoms with Crippen molar-refractivity contribution in [3.63, 3.8) is 0 Å². The Hall–Kier alpha value is -3.81. The molecule has 1 aromatic carbocycles. The van der Waals surface area contributed by atoms with Crippen LogP contribution in [0.15, 0.2) is 48.8 Å². The number of ether oxygens (including phenoxy) is 1. The monoisotopic (exact) mass is 447 g/mol. The molecule has 8 nitrogen and oxygen atoms in total. The zero-order valence-electron chi connectivity index (χ0n) is 18.6. The van der Waals surface area contributed by atoms with Gasteiger partial charge in [0.25, 0.3) is 11.8 Å². The molecule has 0 bridgehead atoms. The molecule has 0 saturated carbocycles. The lowest BCUT2D eigenvalue weighted by atomic mass is 9.88. The fourth-order valence-electron chi connectivity index (χ4n) is 4.15. The van der Waals surface area contributed by atoms with Crippen LogP contribution in [0.25, 0.3) is 0 Å². The minimum absolute atomic E-state index is 0.0818. The van der Waals surface area contributed by atoms with E-state index in [9.17, 15) is 19.2 Å². The maximum atomic E-state index is 13.2. The van der Waals surface area contributed by atoms with Gasteiger partial charge in [-0.25, -0.2) is 4.98 Å². The molecule has 0 spiro atoms.